The van der Waals surface area contributed by atoms with Gasteiger partial charge in [-0.05, 0) is 12.1 Å². The van der Waals surface area contributed by atoms with Crippen LogP contribution in [0.15, 0.2) is 47.4 Å². The smallest absolute Gasteiger partial charge is 0.338 e. The molecule has 0 atom stereocenters. The van der Waals surface area contributed by atoms with Crippen LogP contribution in [0.2, 0.25) is 0 Å². The topological polar surface area (TPSA) is 106 Å². The van der Waals surface area contributed by atoms with E-state index in [2.05, 4.69) is 0 Å². The maximum Gasteiger partial charge on any atom is 0.417 e. The summed E-state index contributed by atoms with van der Waals surface area (Å²) in [5.41, 5.74) is -2.41. The van der Waals surface area contributed by atoms with E-state index in [1.165, 1.54) is 21.9 Å². The number of hydrogen-bond donors (Lipinski definition) is 0. The Hall–Kier alpha value is -3.70. The fourth-order valence-corrected chi connectivity index (χ4v) is 3.24. The molecule has 0 spiro atoms. The van der Waals surface area contributed by atoms with Crippen LogP contribution in [0.25, 0.3) is 0 Å². The van der Waals surface area contributed by atoms with Gasteiger partial charge < -0.3 is 9.80 Å². The van der Waals surface area contributed by atoms with Crippen LogP contribution in [0.3, 0.4) is 0 Å². The first-order valence-electron chi connectivity index (χ1n) is 9.16. The van der Waals surface area contributed by atoms with Gasteiger partial charge in [0.1, 0.15) is 6.54 Å². The summed E-state index contributed by atoms with van der Waals surface area (Å²) in [4.78, 5) is 49.7. The SMILES string of the molecule is O=C(Cn1cc([N+](=O)[O-])ccc1=O)N1CCN(C(=O)c2ccccc2C(F)(F)F)CC1. The fourth-order valence-electron chi connectivity index (χ4n) is 3.24. The van der Waals surface area contributed by atoms with Crippen LogP contribution in [-0.2, 0) is 17.5 Å². The minimum atomic E-state index is -4.67. The molecular weight excluding hydrogens is 421 g/mol. The number of aromatic nitrogens is 1. The van der Waals surface area contributed by atoms with Gasteiger partial charge in [-0.3, -0.25) is 29.1 Å². The van der Waals surface area contributed by atoms with E-state index in [1.54, 1.807) is 0 Å². The van der Waals surface area contributed by atoms with E-state index < -0.39 is 46.1 Å². The molecule has 2 amide bonds. The van der Waals surface area contributed by atoms with Gasteiger partial charge in [0.25, 0.3) is 17.2 Å². The standard InChI is InChI=1S/C19H17F3N4O5/c20-19(21,22)15-4-2-1-3-14(15)18(29)24-9-7-23(8-10-24)17(28)12-25-11-13(26(30)31)5-6-16(25)27/h1-6,11H,7-10,12H2. The molecule has 1 aromatic carbocycles. The summed E-state index contributed by atoms with van der Waals surface area (Å²) in [6.45, 7) is -0.280. The summed E-state index contributed by atoms with van der Waals surface area (Å²) in [6, 6.07) is 6.51. The van der Waals surface area contributed by atoms with Gasteiger partial charge in [0, 0.05) is 38.3 Å². The van der Waals surface area contributed by atoms with E-state index >= 15 is 0 Å². The molecule has 1 saturated heterocycles. The molecule has 3 rings (SSSR count). The van der Waals surface area contributed by atoms with Crippen LogP contribution in [0.5, 0.6) is 0 Å². The van der Waals surface area contributed by atoms with Crippen molar-refractivity contribution in [3.05, 3.63) is 74.2 Å². The van der Waals surface area contributed by atoms with Crippen molar-refractivity contribution in [1.82, 2.24) is 14.4 Å². The number of carbonyl (C=O) groups is 2. The number of nitrogens with zero attached hydrogens (tertiary/aromatic N) is 4. The van der Waals surface area contributed by atoms with Gasteiger partial charge in [-0.2, -0.15) is 13.2 Å². The lowest BCUT2D eigenvalue weighted by molar-refractivity contribution is -0.385. The highest BCUT2D eigenvalue weighted by Crippen LogP contribution is 2.32. The first kappa shape index (κ1) is 22.0. The quantitative estimate of drug-likeness (QED) is 0.534. The van der Waals surface area contributed by atoms with Gasteiger partial charge in [-0.15, -0.1) is 0 Å². The number of piperazine rings is 1. The molecule has 1 aliphatic rings. The number of nitro groups is 1. The van der Waals surface area contributed by atoms with Crippen molar-refractivity contribution in [2.24, 2.45) is 0 Å². The number of hydrogen-bond acceptors (Lipinski definition) is 5. The van der Waals surface area contributed by atoms with Crippen molar-refractivity contribution >= 4 is 17.5 Å². The Labute approximate surface area is 173 Å². The van der Waals surface area contributed by atoms with E-state index in [0.717, 1.165) is 35.0 Å². The van der Waals surface area contributed by atoms with Crippen molar-refractivity contribution in [2.75, 3.05) is 26.2 Å². The molecule has 0 unspecified atom stereocenters. The molecule has 164 valence electrons. The van der Waals surface area contributed by atoms with Crippen molar-refractivity contribution in [3.63, 3.8) is 0 Å². The molecule has 0 aliphatic carbocycles. The summed E-state index contributed by atoms with van der Waals surface area (Å²) in [5, 5.41) is 10.8. The van der Waals surface area contributed by atoms with Crippen molar-refractivity contribution in [2.45, 2.75) is 12.7 Å². The molecule has 31 heavy (non-hydrogen) atoms. The number of pyridine rings is 1. The van der Waals surface area contributed by atoms with E-state index in [4.69, 9.17) is 0 Å². The highest BCUT2D eigenvalue weighted by molar-refractivity contribution is 5.96. The summed E-state index contributed by atoms with van der Waals surface area (Å²) in [6.07, 6.45) is -3.70. The number of benzene rings is 1. The highest BCUT2D eigenvalue weighted by atomic mass is 19.4. The van der Waals surface area contributed by atoms with Gasteiger partial charge >= 0.3 is 6.18 Å². The average molecular weight is 438 g/mol. The monoisotopic (exact) mass is 438 g/mol. The van der Waals surface area contributed by atoms with Gasteiger partial charge in [0.15, 0.2) is 0 Å². The molecule has 2 heterocycles. The second-order valence-corrected chi connectivity index (χ2v) is 6.83. The molecule has 0 saturated carbocycles. The number of halogens is 3. The van der Waals surface area contributed by atoms with E-state index in [0.29, 0.717) is 0 Å². The minimum Gasteiger partial charge on any atom is -0.338 e. The molecule has 1 aromatic heterocycles. The Morgan fingerprint density at radius 3 is 2.23 bits per heavy atom. The maximum atomic E-state index is 13.2. The largest absolute Gasteiger partial charge is 0.417 e. The third-order valence-electron chi connectivity index (χ3n) is 4.87. The first-order valence-corrected chi connectivity index (χ1v) is 9.16. The molecule has 12 heteroatoms. The van der Waals surface area contributed by atoms with Crippen LogP contribution < -0.4 is 5.56 Å². The number of carbonyl (C=O) groups excluding carboxylic acids is 2. The predicted molar refractivity (Wildman–Crippen MR) is 101 cm³/mol. The zero-order valence-electron chi connectivity index (χ0n) is 16.0. The van der Waals surface area contributed by atoms with Crippen LogP contribution in [0.1, 0.15) is 15.9 Å². The molecule has 1 aliphatic heterocycles. The summed E-state index contributed by atoms with van der Waals surface area (Å²) in [5.74, 6) is -1.28. The molecule has 2 aromatic rings. The Morgan fingerprint density at radius 1 is 1.00 bits per heavy atom. The van der Waals surface area contributed by atoms with E-state index in [-0.39, 0.29) is 31.9 Å². The minimum absolute atomic E-state index is 0.0145. The molecular formula is C19H17F3N4O5. The lowest BCUT2D eigenvalue weighted by Gasteiger charge is -2.35. The van der Waals surface area contributed by atoms with E-state index in [9.17, 15) is 37.7 Å². The third-order valence-corrected chi connectivity index (χ3v) is 4.87. The second-order valence-electron chi connectivity index (χ2n) is 6.83. The summed E-state index contributed by atoms with van der Waals surface area (Å²) >= 11 is 0. The van der Waals surface area contributed by atoms with Crippen molar-refractivity contribution in [3.8, 4) is 0 Å². The summed E-state index contributed by atoms with van der Waals surface area (Å²) < 4.78 is 40.4. The lowest BCUT2D eigenvalue weighted by atomic mass is 10.1. The number of alkyl halides is 3. The van der Waals surface area contributed by atoms with Gasteiger partial charge in [-0.25, -0.2) is 0 Å². The second kappa shape index (κ2) is 8.58. The zero-order chi connectivity index (χ0) is 22.8. The highest BCUT2D eigenvalue weighted by Gasteiger charge is 2.36. The molecule has 1 fully saturated rings. The summed E-state index contributed by atoms with van der Waals surface area (Å²) in [7, 11) is 0. The Morgan fingerprint density at radius 2 is 1.61 bits per heavy atom. The maximum absolute atomic E-state index is 13.2. The fraction of sp³-hybridized carbons (Fsp3) is 0.316. The lowest BCUT2D eigenvalue weighted by Crippen LogP contribution is -2.51. The van der Waals surface area contributed by atoms with Crippen LogP contribution >= 0.6 is 0 Å². The zero-order valence-corrected chi connectivity index (χ0v) is 16.0. The van der Waals surface area contributed by atoms with Gasteiger partial charge in [-0.1, -0.05) is 12.1 Å². The van der Waals surface area contributed by atoms with Gasteiger partial charge in [0.05, 0.1) is 22.2 Å². The third kappa shape index (κ3) is 4.90. The van der Waals surface area contributed by atoms with Crippen LogP contribution in [0.4, 0.5) is 18.9 Å². The molecule has 9 nitrogen and oxygen atoms in total. The molecule has 0 bridgehead atoms. The Kier molecular flexibility index (Phi) is 6.09. The molecule has 0 N–H and O–H groups in total. The Bertz CT molecular complexity index is 1070. The number of rotatable bonds is 4. The normalized spacial score (nSPS) is 14.4. The Balaban J connectivity index is 1.66. The predicted octanol–water partition coefficient (Wildman–Crippen LogP) is 1.76. The molecule has 0 radical (unpaired) electrons. The number of amides is 2. The van der Waals surface area contributed by atoms with Crippen LogP contribution in [0, 0.1) is 10.1 Å². The van der Waals surface area contributed by atoms with Crippen LogP contribution in [-0.4, -0.2) is 57.3 Å². The van der Waals surface area contributed by atoms with Gasteiger partial charge in [0.2, 0.25) is 5.91 Å². The average Bonchev–Trinajstić information content (AvgIpc) is 2.74. The van der Waals surface area contributed by atoms with E-state index in [1.807, 2.05) is 0 Å². The van der Waals surface area contributed by atoms with Crippen molar-refractivity contribution in [1.29, 1.82) is 0 Å². The first-order chi connectivity index (χ1) is 14.6. The van der Waals surface area contributed by atoms with Crippen molar-refractivity contribution < 1.29 is 27.7 Å².